The van der Waals surface area contributed by atoms with Gasteiger partial charge in [-0.05, 0) is 62.2 Å². The van der Waals surface area contributed by atoms with Gasteiger partial charge >= 0.3 is 6.03 Å². The van der Waals surface area contributed by atoms with E-state index in [-0.39, 0.29) is 10.9 Å². The van der Waals surface area contributed by atoms with Crippen molar-refractivity contribution in [1.29, 1.82) is 0 Å². The second kappa shape index (κ2) is 9.38. The minimum atomic E-state index is -3.68. The van der Waals surface area contributed by atoms with Crippen LogP contribution < -0.4 is 20.7 Å². The monoisotopic (exact) mass is 390 g/mol. The maximum absolute atomic E-state index is 12.0. The predicted molar refractivity (Wildman–Crippen MR) is 109 cm³/mol. The number of urea groups is 1. The molecule has 4 N–H and O–H groups in total. The maximum Gasteiger partial charge on any atom is 0.319 e. The Bertz CT molecular complexity index is 846. The molecular formula is C19H26N4O3S. The van der Waals surface area contributed by atoms with E-state index in [2.05, 4.69) is 29.4 Å². The minimum Gasteiger partial charge on any atom is -0.372 e. The predicted octanol–water partition coefficient (Wildman–Crippen LogP) is 2.54. The fourth-order valence-electron chi connectivity index (χ4n) is 2.69. The summed E-state index contributed by atoms with van der Waals surface area (Å²) >= 11 is 0. The van der Waals surface area contributed by atoms with Crippen molar-refractivity contribution in [2.75, 3.05) is 29.9 Å². The molecule has 0 unspecified atom stereocenters. The van der Waals surface area contributed by atoms with Gasteiger partial charge in [-0.2, -0.15) is 0 Å². The molecular weight excluding hydrogens is 364 g/mol. The first kappa shape index (κ1) is 20.7. The quantitative estimate of drug-likeness (QED) is 0.644. The van der Waals surface area contributed by atoms with Crippen LogP contribution in [0.2, 0.25) is 0 Å². The van der Waals surface area contributed by atoms with Crippen LogP contribution >= 0.6 is 0 Å². The van der Waals surface area contributed by atoms with Crippen LogP contribution in [-0.2, 0) is 16.4 Å². The van der Waals surface area contributed by atoms with Gasteiger partial charge in [-0.1, -0.05) is 12.1 Å². The van der Waals surface area contributed by atoms with E-state index in [4.69, 9.17) is 5.14 Å². The Morgan fingerprint density at radius 3 is 2.11 bits per heavy atom. The standard InChI is InChI=1S/C19H26N4O3S/c1-3-23(4-2)17-9-7-16(8-10-17)22-19(24)21-14-13-15-5-11-18(12-6-15)27(20,25)26/h5-12H,3-4,13-14H2,1-2H3,(H2,20,25,26)(H2,21,22,24). The number of nitrogens with two attached hydrogens (primary N) is 1. The molecule has 2 rings (SSSR count). The molecule has 0 aromatic heterocycles. The number of hydrogen-bond donors (Lipinski definition) is 3. The van der Waals surface area contributed by atoms with E-state index in [9.17, 15) is 13.2 Å². The lowest BCUT2D eigenvalue weighted by Crippen LogP contribution is -2.30. The number of benzene rings is 2. The number of sulfonamides is 1. The molecule has 0 saturated heterocycles. The summed E-state index contributed by atoms with van der Waals surface area (Å²) in [5.74, 6) is 0. The zero-order valence-electron chi connectivity index (χ0n) is 15.6. The van der Waals surface area contributed by atoms with Crippen molar-refractivity contribution in [2.24, 2.45) is 5.14 Å². The smallest absolute Gasteiger partial charge is 0.319 e. The van der Waals surface area contributed by atoms with E-state index >= 15 is 0 Å². The van der Waals surface area contributed by atoms with Crippen molar-refractivity contribution in [3.63, 3.8) is 0 Å². The number of carbonyl (C=O) groups is 1. The topological polar surface area (TPSA) is 105 Å². The number of nitrogens with zero attached hydrogens (tertiary/aromatic N) is 1. The van der Waals surface area contributed by atoms with Gasteiger partial charge in [0.2, 0.25) is 10.0 Å². The molecule has 0 bridgehead atoms. The highest BCUT2D eigenvalue weighted by Gasteiger charge is 2.07. The average Bonchev–Trinajstić information content (AvgIpc) is 2.64. The molecule has 0 heterocycles. The van der Waals surface area contributed by atoms with E-state index in [1.165, 1.54) is 12.1 Å². The Morgan fingerprint density at radius 1 is 1.00 bits per heavy atom. The summed E-state index contributed by atoms with van der Waals surface area (Å²) in [7, 11) is -3.68. The first-order valence-corrected chi connectivity index (χ1v) is 10.4. The van der Waals surface area contributed by atoms with Crippen molar-refractivity contribution in [3.05, 3.63) is 54.1 Å². The Kier molecular flexibility index (Phi) is 7.20. The van der Waals surface area contributed by atoms with Gasteiger partial charge in [0.15, 0.2) is 0 Å². The van der Waals surface area contributed by atoms with Crippen molar-refractivity contribution >= 4 is 27.4 Å². The van der Waals surface area contributed by atoms with Crippen LogP contribution in [0.1, 0.15) is 19.4 Å². The van der Waals surface area contributed by atoms with E-state index in [0.29, 0.717) is 13.0 Å². The highest BCUT2D eigenvalue weighted by molar-refractivity contribution is 7.89. The van der Waals surface area contributed by atoms with Crippen LogP contribution in [0.3, 0.4) is 0 Å². The first-order valence-electron chi connectivity index (χ1n) is 8.85. The molecule has 27 heavy (non-hydrogen) atoms. The number of anilines is 2. The first-order chi connectivity index (χ1) is 12.8. The molecule has 2 amide bonds. The highest BCUT2D eigenvalue weighted by Crippen LogP contribution is 2.17. The molecule has 2 aromatic rings. The summed E-state index contributed by atoms with van der Waals surface area (Å²) in [6.07, 6.45) is 0.583. The maximum atomic E-state index is 12.0. The van der Waals surface area contributed by atoms with Crippen LogP contribution in [0, 0.1) is 0 Å². The van der Waals surface area contributed by atoms with Gasteiger partial charge in [0.05, 0.1) is 4.90 Å². The fraction of sp³-hybridized carbons (Fsp3) is 0.316. The van der Waals surface area contributed by atoms with Crippen molar-refractivity contribution in [3.8, 4) is 0 Å². The highest BCUT2D eigenvalue weighted by atomic mass is 32.2. The van der Waals surface area contributed by atoms with Crippen LogP contribution in [0.25, 0.3) is 0 Å². The van der Waals surface area contributed by atoms with Gasteiger partial charge in [0.1, 0.15) is 0 Å². The second-order valence-electron chi connectivity index (χ2n) is 6.04. The molecule has 0 aliphatic heterocycles. The lowest BCUT2D eigenvalue weighted by Gasteiger charge is -2.21. The molecule has 7 nitrogen and oxygen atoms in total. The van der Waals surface area contributed by atoms with Crippen molar-refractivity contribution < 1.29 is 13.2 Å². The third kappa shape index (κ3) is 6.26. The second-order valence-corrected chi connectivity index (χ2v) is 7.60. The van der Waals surface area contributed by atoms with Crippen molar-refractivity contribution in [2.45, 2.75) is 25.2 Å². The number of amides is 2. The third-order valence-corrected chi connectivity index (χ3v) is 5.13. The molecule has 0 saturated carbocycles. The summed E-state index contributed by atoms with van der Waals surface area (Å²) in [5.41, 5.74) is 2.75. The van der Waals surface area contributed by atoms with Crippen LogP contribution in [-0.4, -0.2) is 34.1 Å². The van der Waals surface area contributed by atoms with Crippen LogP contribution in [0.15, 0.2) is 53.4 Å². The molecule has 2 aromatic carbocycles. The fourth-order valence-corrected chi connectivity index (χ4v) is 3.20. The molecule has 0 aliphatic rings. The van der Waals surface area contributed by atoms with Gasteiger partial charge in [0.25, 0.3) is 0 Å². The summed E-state index contributed by atoms with van der Waals surface area (Å²) in [6, 6.07) is 13.7. The Balaban J connectivity index is 1.81. The Hall–Kier alpha value is -2.58. The molecule has 0 spiro atoms. The van der Waals surface area contributed by atoms with Crippen molar-refractivity contribution in [1.82, 2.24) is 5.32 Å². The SMILES string of the molecule is CCN(CC)c1ccc(NC(=O)NCCc2ccc(S(N)(=O)=O)cc2)cc1. The van der Waals surface area contributed by atoms with E-state index in [0.717, 1.165) is 30.0 Å². The molecule has 0 atom stereocenters. The van der Waals surface area contributed by atoms with E-state index in [1.807, 2.05) is 24.3 Å². The van der Waals surface area contributed by atoms with Crippen LogP contribution in [0.5, 0.6) is 0 Å². The summed E-state index contributed by atoms with van der Waals surface area (Å²) in [4.78, 5) is 14.3. The molecule has 0 fully saturated rings. The lowest BCUT2D eigenvalue weighted by atomic mass is 10.1. The molecule has 146 valence electrons. The normalized spacial score (nSPS) is 11.1. The number of primary sulfonamides is 1. The molecule has 0 aliphatic carbocycles. The van der Waals surface area contributed by atoms with E-state index in [1.54, 1.807) is 12.1 Å². The summed E-state index contributed by atoms with van der Waals surface area (Å²) in [6.45, 7) is 6.50. The summed E-state index contributed by atoms with van der Waals surface area (Å²) in [5, 5.41) is 10.6. The van der Waals surface area contributed by atoms with Gasteiger partial charge < -0.3 is 15.5 Å². The zero-order valence-corrected chi connectivity index (χ0v) is 16.4. The largest absolute Gasteiger partial charge is 0.372 e. The van der Waals surface area contributed by atoms with E-state index < -0.39 is 10.0 Å². The van der Waals surface area contributed by atoms with Crippen LogP contribution in [0.4, 0.5) is 16.2 Å². The van der Waals surface area contributed by atoms with Gasteiger partial charge in [-0.25, -0.2) is 18.4 Å². The zero-order chi connectivity index (χ0) is 19.9. The number of rotatable bonds is 8. The Morgan fingerprint density at radius 2 is 1.59 bits per heavy atom. The average molecular weight is 391 g/mol. The molecule has 0 radical (unpaired) electrons. The lowest BCUT2D eigenvalue weighted by molar-refractivity contribution is 0.252. The molecule has 8 heteroatoms. The van der Waals surface area contributed by atoms with Gasteiger partial charge in [0, 0.05) is 31.0 Å². The Labute approximate surface area is 160 Å². The van der Waals surface area contributed by atoms with Gasteiger partial charge in [-0.15, -0.1) is 0 Å². The minimum absolute atomic E-state index is 0.0742. The third-order valence-electron chi connectivity index (χ3n) is 4.20. The number of carbonyl (C=O) groups excluding carboxylic acids is 1. The number of hydrogen-bond acceptors (Lipinski definition) is 4. The summed E-state index contributed by atoms with van der Waals surface area (Å²) < 4.78 is 22.4. The van der Waals surface area contributed by atoms with Gasteiger partial charge in [-0.3, -0.25) is 0 Å². The number of nitrogens with one attached hydrogen (secondary N) is 2.